The van der Waals surface area contributed by atoms with Crippen LogP contribution in [0.4, 0.5) is 0 Å². The zero-order valence-electron chi connectivity index (χ0n) is 17.0. The predicted molar refractivity (Wildman–Crippen MR) is 109 cm³/mol. The van der Waals surface area contributed by atoms with Crippen LogP contribution in [-0.4, -0.2) is 61.4 Å². The Labute approximate surface area is 167 Å². The van der Waals surface area contributed by atoms with Crippen molar-refractivity contribution >= 4 is 0 Å². The molecule has 0 bridgehead atoms. The van der Waals surface area contributed by atoms with Gasteiger partial charge in [-0.3, -0.25) is 4.90 Å². The van der Waals surface area contributed by atoms with E-state index in [0.29, 0.717) is 18.0 Å². The lowest BCUT2D eigenvalue weighted by Crippen LogP contribution is -2.38. The van der Waals surface area contributed by atoms with Crippen molar-refractivity contribution in [1.82, 2.24) is 9.80 Å². The second-order valence-electron chi connectivity index (χ2n) is 7.56. The Hall–Kier alpha value is -2.02. The Bertz CT molecular complexity index is 699. The summed E-state index contributed by atoms with van der Waals surface area (Å²) in [7, 11) is 3.69. The highest BCUT2D eigenvalue weighted by molar-refractivity contribution is 5.43. The van der Waals surface area contributed by atoms with Gasteiger partial charge in [0.25, 0.3) is 0 Å². The van der Waals surface area contributed by atoms with Crippen molar-refractivity contribution in [3.05, 3.63) is 47.9 Å². The number of piperidine rings is 1. The van der Waals surface area contributed by atoms with Crippen molar-refractivity contribution in [3.8, 4) is 11.5 Å². The molecule has 154 valence electrons. The Kier molecular flexibility index (Phi) is 7.77. The molecular weight excluding hydrogens is 356 g/mol. The molecule has 6 heteroatoms. The first-order valence-corrected chi connectivity index (χ1v) is 10.0. The fraction of sp³-hybridized carbons (Fsp3) is 0.545. The van der Waals surface area contributed by atoms with Gasteiger partial charge in [-0.1, -0.05) is 12.5 Å². The largest absolute Gasteiger partial charge is 0.493 e. The number of aliphatic hydroxyl groups is 1. The molecule has 0 radical (unpaired) electrons. The van der Waals surface area contributed by atoms with Gasteiger partial charge in [0.15, 0.2) is 11.5 Å². The molecule has 1 unspecified atom stereocenters. The van der Waals surface area contributed by atoms with Crippen LogP contribution in [0.3, 0.4) is 0 Å². The van der Waals surface area contributed by atoms with Crippen LogP contribution in [0.15, 0.2) is 41.0 Å². The average molecular weight is 389 g/mol. The first-order chi connectivity index (χ1) is 13.6. The van der Waals surface area contributed by atoms with E-state index in [2.05, 4.69) is 16.8 Å². The number of β-amino-alcohol motifs (C(OH)–C–C–N with tert-alkyl or cyclic N) is 1. The number of benzene rings is 1. The highest BCUT2D eigenvalue weighted by Crippen LogP contribution is 2.29. The third-order valence-electron chi connectivity index (χ3n) is 5.04. The number of hydrogen-bond acceptors (Lipinski definition) is 6. The first-order valence-electron chi connectivity index (χ1n) is 10.0. The van der Waals surface area contributed by atoms with Gasteiger partial charge in [0.2, 0.25) is 0 Å². The van der Waals surface area contributed by atoms with Crippen molar-refractivity contribution in [3.63, 3.8) is 0 Å². The molecular formula is C22H32N2O4. The van der Waals surface area contributed by atoms with Gasteiger partial charge < -0.3 is 23.9 Å². The monoisotopic (exact) mass is 388 g/mol. The molecule has 1 aromatic heterocycles. The maximum Gasteiger partial charge on any atom is 0.161 e. The molecule has 1 aliphatic rings. The summed E-state index contributed by atoms with van der Waals surface area (Å²) in [6.07, 6.45) is 4.91. The Morgan fingerprint density at radius 2 is 1.96 bits per heavy atom. The Morgan fingerprint density at radius 3 is 2.68 bits per heavy atom. The Morgan fingerprint density at radius 1 is 1.14 bits per heavy atom. The molecule has 1 saturated heterocycles. The van der Waals surface area contributed by atoms with Gasteiger partial charge in [0.1, 0.15) is 18.5 Å². The van der Waals surface area contributed by atoms with E-state index in [-0.39, 0.29) is 6.61 Å². The highest BCUT2D eigenvalue weighted by atomic mass is 16.5. The van der Waals surface area contributed by atoms with E-state index in [0.717, 1.165) is 37.5 Å². The van der Waals surface area contributed by atoms with E-state index in [1.54, 1.807) is 13.4 Å². The van der Waals surface area contributed by atoms with Gasteiger partial charge in [-0.2, -0.15) is 0 Å². The van der Waals surface area contributed by atoms with Gasteiger partial charge in [0.05, 0.1) is 19.9 Å². The lowest BCUT2D eigenvalue weighted by Gasteiger charge is -2.28. The van der Waals surface area contributed by atoms with Crippen LogP contribution in [0.5, 0.6) is 11.5 Å². The second-order valence-corrected chi connectivity index (χ2v) is 7.56. The normalized spacial score (nSPS) is 16.3. The molecule has 0 amide bonds. The summed E-state index contributed by atoms with van der Waals surface area (Å²) < 4.78 is 16.8. The highest BCUT2D eigenvalue weighted by Gasteiger charge is 2.16. The van der Waals surface area contributed by atoms with E-state index < -0.39 is 6.10 Å². The topological polar surface area (TPSA) is 58.3 Å². The van der Waals surface area contributed by atoms with Crippen LogP contribution in [0, 0.1) is 0 Å². The summed E-state index contributed by atoms with van der Waals surface area (Å²) in [4.78, 5) is 4.49. The molecule has 1 atom stereocenters. The second kappa shape index (κ2) is 10.5. The third kappa shape index (κ3) is 6.26. The van der Waals surface area contributed by atoms with Crippen LogP contribution >= 0.6 is 0 Å². The van der Waals surface area contributed by atoms with E-state index >= 15 is 0 Å². The summed E-state index contributed by atoms with van der Waals surface area (Å²) in [6.45, 7) is 4.56. The van der Waals surface area contributed by atoms with Crippen molar-refractivity contribution < 1.29 is 19.0 Å². The summed E-state index contributed by atoms with van der Waals surface area (Å²) in [5, 5.41) is 10.4. The molecule has 0 spiro atoms. The zero-order chi connectivity index (χ0) is 19.8. The van der Waals surface area contributed by atoms with Crippen LogP contribution in [-0.2, 0) is 13.1 Å². The smallest absolute Gasteiger partial charge is 0.161 e. The van der Waals surface area contributed by atoms with Crippen LogP contribution in [0.2, 0.25) is 0 Å². The molecule has 1 N–H and O–H groups in total. The molecule has 1 aliphatic heterocycles. The molecule has 2 aromatic rings. The van der Waals surface area contributed by atoms with Crippen molar-refractivity contribution in [2.24, 2.45) is 0 Å². The molecule has 0 aliphatic carbocycles. The summed E-state index contributed by atoms with van der Waals surface area (Å²) in [5.74, 6) is 2.29. The number of likely N-dealkylation sites (tertiary alicyclic amines) is 1. The van der Waals surface area contributed by atoms with Gasteiger partial charge in [-0.15, -0.1) is 0 Å². The molecule has 0 saturated carbocycles. The minimum absolute atomic E-state index is 0.262. The zero-order valence-corrected chi connectivity index (χ0v) is 17.0. The standard InChI is InChI=1S/C22H32N2O4/c1-23(16-20-7-6-12-27-20)14-18-8-9-21(26-2)22(13-18)28-17-19(25)15-24-10-4-3-5-11-24/h6-9,12-13,19,25H,3-5,10-11,14-17H2,1-2H3. The Balaban J connectivity index is 1.54. The number of rotatable bonds is 10. The van der Waals surface area contributed by atoms with Crippen molar-refractivity contribution in [2.45, 2.75) is 38.5 Å². The number of aliphatic hydroxyl groups excluding tert-OH is 1. The number of furan rings is 1. The van der Waals surface area contributed by atoms with Crippen LogP contribution < -0.4 is 9.47 Å². The SMILES string of the molecule is COc1ccc(CN(C)Cc2ccco2)cc1OCC(O)CN1CCCCC1. The van der Waals surface area contributed by atoms with Gasteiger partial charge >= 0.3 is 0 Å². The van der Waals surface area contributed by atoms with Crippen LogP contribution in [0.25, 0.3) is 0 Å². The van der Waals surface area contributed by atoms with E-state index in [4.69, 9.17) is 13.9 Å². The summed E-state index contributed by atoms with van der Waals surface area (Å²) in [6, 6.07) is 9.82. The number of nitrogens with zero attached hydrogens (tertiary/aromatic N) is 2. The van der Waals surface area contributed by atoms with Gasteiger partial charge in [-0.25, -0.2) is 0 Å². The lowest BCUT2D eigenvalue weighted by molar-refractivity contribution is 0.0608. The van der Waals surface area contributed by atoms with E-state index in [9.17, 15) is 5.11 Å². The summed E-state index contributed by atoms with van der Waals surface area (Å²) >= 11 is 0. The average Bonchev–Trinajstić information content (AvgIpc) is 3.20. The van der Waals surface area contributed by atoms with Crippen molar-refractivity contribution in [2.75, 3.05) is 40.4 Å². The minimum atomic E-state index is -0.506. The molecule has 1 aromatic carbocycles. The van der Waals surface area contributed by atoms with E-state index in [1.165, 1.54) is 19.3 Å². The summed E-state index contributed by atoms with van der Waals surface area (Å²) in [5.41, 5.74) is 1.12. The number of methoxy groups -OCH3 is 1. The van der Waals surface area contributed by atoms with Gasteiger partial charge in [-0.05, 0) is 62.8 Å². The van der Waals surface area contributed by atoms with Gasteiger partial charge in [0, 0.05) is 13.1 Å². The van der Waals surface area contributed by atoms with E-state index in [1.807, 2.05) is 30.3 Å². The molecule has 1 fully saturated rings. The first kappa shape index (κ1) is 20.7. The third-order valence-corrected chi connectivity index (χ3v) is 5.04. The maximum atomic E-state index is 10.4. The molecule has 2 heterocycles. The molecule has 6 nitrogen and oxygen atoms in total. The van der Waals surface area contributed by atoms with Crippen molar-refractivity contribution in [1.29, 1.82) is 0 Å². The molecule has 3 rings (SSSR count). The quantitative estimate of drug-likeness (QED) is 0.675. The fourth-order valence-electron chi connectivity index (χ4n) is 3.65. The number of ether oxygens (including phenoxy) is 2. The fourth-order valence-corrected chi connectivity index (χ4v) is 3.65. The van der Waals surface area contributed by atoms with Crippen LogP contribution in [0.1, 0.15) is 30.6 Å². The molecule has 28 heavy (non-hydrogen) atoms. The minimum Gasteiger partial charge on any atom is -0.493 e. The number of hydrogen-bond donors (Lipinski definition) is 1. The maximum absolute atomic E-state index is 10.4. The predicted octanol–water partition coefficient (Wildman–Crippen LogP) is 3.15. The lowest BCUT2D eigenvalue weighted by atomic mass is 10.1.